The second-order valence-corrected chi connectivity index (χ2v) is 8.16. The van der Waals surface area contributed by atoms with Crippen molar-refractivity contribution in [1.82, 2.24) is 0 Å². The van der Waals surface area contributed by atoms with Crippen LogP contribution in [0.2, 0.25) is 0 Å². The summed E-state index contributed by atoms with van der Waals surface area (Å²) in [6.07, 6.45) is 10.9. The lowest BCUT2D eigenvalue weighted by Crippen LogP contribution is -2.42. The smallest absolute Gasteiger partial charge is 0.0840 e. The van der Waals surface area contributed by atoms with Gasteiger partial charge in [0.05, 0.1) is 18.3 Å². The summed E-state index contributed by atoms with van der Waals surface area (Å²) in [4.78, 5) is 0. The second kappa shape index (κ2) is 7.46. The standard InChI is InChI=1S/C19H36O2/c1-5-14-8-7-9-16(12-14)21-18-13-15(10-11-17(18)20)19(3,4)6-2/h14-18,20H,5-13H2,1-4H3. The molecule has 1 N–H and O–H groups in total. The summed E-state index contributed by atoms with van der Waals surface area (Å²) in [5, 5.41) is 10.4. The number of aliphatic hydroxyl groups excluding tert-OH is 1. The van der Waals surface area contributed by atoms with Crippen LogP contribution in [0.3, 0.4) is 0 Å². The average Bonchev–Trinajstić information content (AvgIpc) is 2.49. The van der Waals surface area contributed by atoms with Gasteiger partial charge in [0.15, 0.2) is 0 Å². The van der Waals surface area contributed by atoms with Crippen molar-refractivity contribution in [2.75, 3.05) is 0 Å². The van der Waals surface area contributed by atoms with E-state index in [2.05, 4.69) is 27.7 Å². The zero-order valence-electron chi connectivity index (χ0n) is 14.6. The van der Waals surface area contributed by atoms with Crippen molar-refractivity contribution in [3.8, 4) is 0 Å². The number of aliphatic hydroxyl groups is 1. The van der Waals surface area contributed by atoms with Crippen LogP contribution in [-0.2, 0) is 4.74 Å². The Kier molecular flexibility index (Phi) is 6.14. The largest absolute Gasteiger partial charge is 0.390 e. The Morgan fingerprint density at radius 1 is 1.05 bits per heavy atom. The van der Waals surface area contributed by atoms with Crippen molar-refractivity contribution in [1.29, 1.82) is 0 Å². The Labute approximate surface area is 131 Å². The van der Waals surface area contributed by atoms with Crippen LogP contribution < -0.4 is 0 Å². The summed E-state index contributed by atoms with van der Waals surface area (Å²) in [5.74, 6) is 1.54. The van der Waals surface area contributed by atoms with E-state index in [9.17, 15) is 5.11 Å². The van der Waals surface area contributed by atoms with Crippen LogP contribution >= 0.6 is 0 Å². The first kappa shape index (κ1) is 17.3. The van der Waals surface area contributed by atoms with Crippen molar-refractivity contribution < 1.29 is 9.84 Å². The van der Waals surface area contributed by atoms with Crippen LogP contribution in [0, 0.1) is 17.3 Å². The van der Waals surface area contributed by atoms with Gasteiger partial charge in [0.2, 0.25) is 0 Å². The highest BCUT2D eigenvalue weighted by atomic mass is 16.5. The molecule has 2 heteroatoms. The van der Waals surface area contributed by atoms with Gasteiger partial charge < -0.3 is 9.84 Å². The van der Waals surface area contributed by atoms with Gasteiger partial charge >= 0.3 is 0 Å². The first-order chi connectivity index (χ1) is 9.96. The predicted octanol–water partition coefficient (Wildman–Crippen LogP) is 4.94. The first-order valence-electron chi connectivity index (χ1n) is 9.29. The molecule has 0 aromatic carbocycles. The molecule has 5 unspecified atom stereocenters. The Hall–Kier alpha value is -0.0800. The van der Waals surface area contributed by atoms with Crippen LogP contribution in [0.5, 0.6) is 0 Å². The number of ether oxygens (including phenoxy) is 1. The summed E-state index contributed by atoms with van der Waals surface area (Å²) in [7, 11) is 0. The molecular weight excluding hydrogens is 260 g/mol. The molecule has 2 saturated carbocycles. The molecule has 0 aromatic heterocycles. The SMILES string of the molecule is CCC1CCCC(OC2CC(C(C)(C)CC)CCC2O)C1. The quantitative estimate of drug-likeness (QED) is 0.779. The molecule has 0 radical (unpaired) electrons. The maximum atomic E-state index is 10.4. The zero-order chi connectivity index (χ0) is 15.5. The molecule has 2 fully saturated rings. The molecule has 5 atom stereocenters. The molecule has 0 bridgehead atoms. The zero-order valence-corrected chi connectivity index (χ0v) is 14.6. The summed E-state index contributed by atoms with van der Waals surface area (Å²) in [6, 6.07) is 0. The van der Waals surface area contributed by atoms with E-state index in [4.69, 9.17) is 4.74 Å². The van der Waals surface area contributed by atoms with E-state index in [0.29, 0.717) is 17.4 Å². The Morgan fingerprint density at radius 3 is 2.48 bits per heavy atom. The molecule has 0 heterocycles. The minimum absolute atomic E-state index is 0.0789. The third-order valence-electron chi connectivity index (χ3n) is 6.45. The molecule has 124 valence electrons. The van der Waals surface area contributed by atoms with E-state index in [-0.39, 0.29) is 12.2 Å². The van der Waals surface area contributed by atoms with Gasteiger partial charge in [-0.2, -0.15) is 0 Å². The van der Waals surface area contributed by atoms with Crippen LogP contribution in [0.25, 0.3) is 0 Å². The fourth-order valence-electron chi connectivity index (χ4n) is 4.24. The highest BCUT2D eigenvalue weighted by molar-refractivity contribution is 4.88. The van der Waals surface area contributed by atoms with Crippen LogP contribution in [0.4, 0.5) is 0 Å². The highest BCUT2D eigenvalue weighted by Crippen LogP contribution is 2.42. The monoisotopic (exact) mass is 296 g/mol. The third kappa shape index (κ3) is 4.45. The average molecular weight is 296 g/mol. The first-order valence-corrected chi connectivity index (χ1v) is 9.29. The van der Waals surface area contributed by atoms with E-state index in [0.717, 1.165) is 25.2 Å². The molecule has 2 rings (SSSR count). The lowest BCUT2D eigenvalue weighted by molar-refractivity contribution is -0.126. The van der Waals surface area contributed by atoms with Crippen LogP contribution in [0.15, 0.2) is 0 Å². The third-order valence-corrected chi connectivity index (χ3v) is 6.45. The van der Waals surface area contributed by atoms with Crippen molar-refractivity contribution >= 4 is 0 Å². The van der Waals surface area contributed by atoms with Crippen LogP contribution in [0.1, 0.15) is 85.5 Å². The van der Waals surface area contributed by atoms with Gasteiger partial charge in [-0.15, -0.1) is 0 Å². The Morgan fingerprint density at radius 2 is 1.81 bits per heavy atom. The van der Waals surface area contributed by atoms with Gasteiger partial charge in [-0.3, -0.25) is 0 Å². The fraction of sp³-hybridized carbons (Fsp3) is 1.00. The van der Waals surface area contributed by atoms with Crippen molar-refractivity contribution in [3.05, 3.63) is 0 Å². The molecule has 2 nitrogen and oxygen atoms in total. The van der Waals surface area contributed by atoms with E-state index in [1.54, 1.807) is 0 Å². The number of hydrogen-bond donors (Lipinski definition) is 1. The number of hydrogen-bond acceptors (Lipinski definition) is 2. The molecule has 0 spiro atoms. The second-order valence-electron chi connectivity index (χ2n) is 8.16. The predicted molar refractivity (Wildman–Crippen MR) is 88.3 cm³/mol. The van der Waals surface area contributed by atoms with Gasteiger partial charge in [0.25, 0.3) is 0 Å². The Bertz CT molecular complexity index is 313. The van der Waals surface area contributed by atoms with Crippen molar-refractivity contribution in [2.45, 2.75) is 104 Å². The molecule has 21 heavy (non-hydrogen) atoms. The van der Waals surface area contributed by atoms with E-state index in [1.807, 2.05) is 0 Å². The van der Waals surface area contributed by atoms with E-state index in [1.165, 1.54) is 38.5 Å². The summed E-state index contributed by atoms with van der Waals surface area (Å²) in [5.41, 5.74) is 0.375. The van der Waals surface area contributed by atoms with Gasteiger partial charge in [-0.05, 0) is 49.4 Å². The maximum absolute atomic E-state index is 10.4. The van der Waals surface area contributed by atoms with Crippen molar-refractivity contribution in [2.24, 2.45) is 17.3 Å². The molecule has 0 aromatic rings. The minimum atomic E-state index is -0.240. The topological polar surface area (TPSA) is 29.5 Å². The molecule has 0 aliphatic heterocycles. The van der Waals surface area contributed by atoms with Crippen molar-refractivity contribution in [3.63, 3.8) is 0 Å². The molecule has 2 aliphatic rings. The van der Waals surface area contributed by atoms with Gasteiger partial charge in [0, 0.05) is 0 Å². The highest BCUT2D eigenvalue weighted by Gasteiger charge is 2.38. The van der Waals surface area contributed by atoms with Gasteiger partial charge in [-0.1, -0.05) is 53.4 Å². The molecule has 0 saturated heterocycles. The summed E-state index contributed by atoms with van der Waals surface area (Å²) >= 11 is 0. The lowest BCUT2D eigenvalue weighted by Gasteiger charge is -2.43. The van der Waals surface area contributed by atoms with Gasteiger partial charge in [-0.25, -0.2) is 0 Å². The normalized spacial score (nSPS) is 38.4. The molecule has 0 amide bonds. The summed E-state index contributed by atoms with van der Waals surface area (Å²) < 4.78 is 6.40. The Balaban J connectivity index is 1.91. The van der Waals surface area contributed by atoms with E-state index < -0.39 is 0 Å². The molecule has 2 aliphatic carbocycles. The van der Waals surface area contributed by atoms with E-state index >= 15 is 0 Å². The molecular formula is C19H36O2. The van der Waals surface area contributed by atoms with Crippen LogP contribution in [-0.4, -0.2) is 23.4 Å². The lowest BCUT2D eigenvalue weighted by atomic mass is 9.68. The van der Waals surface area contributed by atoms with Gasteiger partial charge in [0.1, 0.15) is 0 Å². The number of rotatable bonds is 5. The summed E-state index contributed by atoms with van der Waals surface area (Å²) in [6.45, 7) is 9.33. The fourth-order valence-corrected chi connectivity index (χ4v) is 4.24. The maximum Gasteiger partial charge on any atom is 0.0840 e. The minimum Gasteiger partial charge on any atom is -0.390 e.